The molecule has 0 bridgehead atoms. The SMILES string of the molecule is CCC(N)Cc1nc(CSc2ccccc2)no1. The lowest BCUT2D eigenvalue weighted by Crippen LogP contribution is -2.21. The van der Waals surface area contributed by atoms with Gasteiger partial charge in [-0.1, -0.05) is 30.3 Å². The van der Waals surface area contributed by atoms with Gasteiger partial charge in [-0.2, -0.15) is 4.98 Å². The Labute approximate surface area is 111 Å². The smallest absolute Gasteiger partial charge is 0.228 e. The van der Waals surface area contributed by atoms with Gasteiger partial charge in [0.05, 0.1) is 5.75 Å². The molecule has 0 aliphatic rings. The molecule has 96 valence electrons. The molecule has 0 saturated heterocycles. The lowest BCUT2D eigenvalue weighted by atomic mass is 10.2. The van der Waals surface area contributed by atoms with Crippen LogP contribution < -0.4 is 5.73 Å². The van der Waals surface area contributed by atoms with E-state index in [4.69, 9.17) is 10.3 Å². The van der Waals surface area contributed by atoms with Gasteiger partial charge in [-0.3, -0.25) is 0 Å². The molecular weight excluding hydrogens is 246 g/mol. The zero-order chi connectivity index (χ0) is 12.8. The van der Waals surface area contributed by atoms with E-state index in [2.05, 4.69) is 22.3 Å². The summed E-state index contributed by atoms with van der Waals surface area (Å²) in [5.74, 6) is 2.07. The summed E-state index contributed by atoms with van der Waals surface area (Å²) in [7, 11) is 0. The van der Waals surface area contributed by atoms with E-state index in [1.54, 1.807) is 11.8 Å². The zero-order valence-electron chi connectivity index (χ0n) is 10.4. The molecule has 1 atom stereocenters. The van der Waals surface area contributed by atoms with Crippen molar-refractivity contribution in [2.75, 3.05) is 0 Å². The van der Waals surface area contributed by atoms with Crippen molar-refractivity contribution in [2.24, 2.45) is 5.73 Å². The van der Waals surface area contributed by atoms with Gasteiger partial charge < -0.3 is 10.3 Å². The van der Waals surface area contributed by atoms with Gasteiger partial charge in [0.2, 0.25) is 5.89 Å². The molecule has 0 spiro atoms. The molecule has 1 heterocycles. The first-order valence-corrected chi connectivity index (χ1v) is 7.01. The highest BCUT2D eigenvalue weighted by Gasteiger charge is 2.10. The Morgan fingerprint density at radius 2 is 2.11 bits per heavy atom. The van der Waals surface area contributed by atoms with Crippen molar-refractivity contribution in [3.8, 4) is 0 Å². The van der Waals surface area contributed by atoms with Crippen LogP contribution in [0.25, 0.3) is 0 Å². The topological polar surface area (TPSA) is 64.9 Å². The standard InChI is InChI=1S/C13H17N3OS/c1-2-10(14)8-13-15-12(16-17-13)9-18-11-6-4-3-5-7-11/h3-7,10H,2,8-9,14H2,1H3. The van der Waals surface area contributed by atoms with Crippen molar-refractivity contribution in [3.63, 3.8) is 0 Å². The fraction of sp³-hybridized carbons (Fsp3) is 0.385. The van der Waals surface area contributed by atoms with Crippen LogP contribution in [0.2, 0.25) is 0 Å². The fourth-order valence-corrected chi connectivity index (χ4v) is 2.23. The Morgan fingerprint density at radius 1 is 1.33 bits per heavy atom. The molecule has 2 N–H and O–H groups in total. The van der Waals surface area contributed by atoms with Crippen LogP contribution in [0.5, 0.6) is 0 Å². The molecule has 0 fully saturated rings. The van der Waals surface area contributed by atoms with E-state index < -0.39 is 0 Å². The van der Waals surface area contributed by atoms with Gasteiger partial charge in [0.15, 0.2) is 5.82 Å². The number of aromatic nitrogens is 2. The van der Waals surface area contributed by atoms with E-state index >= 15 is 0 Å². The maximum absolute atomic E-state index is 5.85. The number of nitrogens with two attached hydrogens (primary N) is 1. The highest BCUT2D eigenvalue weighted by molar-refractivity contribution is 7.98. The molecule has 1 aromatic carbocycles. The molecule has 1 aromatic heterocycles. The van der Waals surface area contributed by atoms with Crippen LogP contribution in [-0.2, 0) is 12.2 Å². The Hall–Kier alpha value is -1.33. The second kappa shape index (κ2) is 6.56. The summed E-state index contributed by atoms with van der Waals surface area (Å²) in [6, 6.07) is 10.3. The third-order valence-electron chi connectivity index (χ3n) is 2.58. The molecule has 2 aromatic rings. The lowest BCUT2D eigenvalue weighted by Gasteiger charge is -2.02. The van der Waals surface area contributed by atoms with Crippen LogP contribution >= 0.6 is 11.8 Å². The molecule has 0 aliphatic heterocycles. The summed E-state index contributed by atoms with van der Waals surface area (Å²) >= 11 is 1.70. The van der Waals surface area contributed by atoms with Gasteiger partial charge in [-0.25, -0.2) is 0 Å². The van der Waals surface area contributed by atoms with Crippen molar-refractivity contribution in [3.05, 3.63) is 42.0 Å². The van der Waals surface area contributed by atoms with Crippen LogP contribution in [-0.4, -0.2) is 16.2 Å². The first-order chi connectivity index (χ1) is 8.78. The van der Waals surface area contributed by atoms with Gasteiger partial charge in [0, 0.05) is 17.4 Å². The summed E-state index contributed by atoms with van der Waals surface area (Å²) in [6.07, 6.45) is 1.57. The first-order valence-electron chi connectivity index (χ1n) is 6.03. The predicted molar refractivity (Wildman–Crippen MR) is 72.3 cm³/mol. The number of rotatable bonds is 6. The van der Waals surface area contributed by atoms with Crippen molar-refractivity contribution in [2.45, 2.75) is 36.5 Å². The number of hydrogen-bond acceptors (Lipinski definition) is 5. The predicted octanol–water partition coefficient (Wildman–Crippen LogP) is 2.64. The van der Waals surface area contributed by atoms with Crippen LogP contribution in [0.3, 0.4) is 0 Å². The summed E-state index contributed by atoms with van der Waals surface area (Å²) in [6.45, 7) is 2.05. The fourth-order valence-electron chi connectivity index (χ4n) is 1.46. The van der Waals surface area contributed by atoms with Crippen molar-refractivity contribution < 1.29 is 4.52 Å². The largest absolute Gasteiger partial charge is 0.339 e. The third-order valence-corrected chi connectivity index (χ3v) is 3.59. The summed E-state index contributed by atoms with van der Waals surface area (Å²) in [4.78, 5) is 5.54. The third kappa shape index (κ3) is 3.85. The first kappa shape index (κ1) is 13.1. The normalized spacial score (nSPS) is 12.6. The molecule has 0 amide bonds. The quantitative estimate of drug-likeness (QED) is 0.812. The number of benzene rings is 1. The van der Waals surface area contributed by atoms with E-state index in [-0.39, 0.29) is 6.04 Å². The van der Waals surface area contributed by atoms with E-state index in [1.807, 2.05) is 25.1 Å². The van der Waals surface area contributed by atoms with E-state index in [0.29, 0.717) is 12.3 Å². The van der Waals surface area contributed by atoms with Crippen molar-refractivity contribution in [1.82, 2.24) is 10.1 Å². The monoisotopic (exact) mass is 263 g/mol. The maximum Gasteiger partial charge on any atom is 0.228 e. The molecule has 0 aliphatic carbocycles. The second-order valence-electron chi connectivity index (χ2n) is 4.08. The average molecular weight is 263 g/mol. The van der Waals surface area contributed by atoms with Crippen LogP contribution in [0.4, 0.5) is 0 Å². The number of hydrogen-bond donors (Lipinski definition) is 1. The highest BCUT2D eigenvalue weighted by Crippen LogP contribution is 2.20. The number of thioether (sulfide) groups is 1. The summed E-state index contributed by atoms with van der Waals surface area (Å²) < 4.78 is 5.17. The Kier molecular flexibility index (Phi) is 4.78. The van der Waals surface area contributed by atoms with Gasteiger partial charge in [0.1, 0.15) is 0 Å². The second-order valence-corrected chi connectivity index (χ2v) is 5.13. The van der Waals surface area contributed by atoms with Gasteiger partial charge >= 0.3 is 0 Å². The zero-order valence-corrected chi connectivity index (χ0v) is 11.2. The minimum Gasteiger partial charge on any atom is -0.339 e. The Morgan fingerprint density at radius 3 is 2.83 bits per heavy atom. The molecule has 4 nitrogen and oxygen atoms in total. The minimum absolute atomic E-state index is 0.0973. The maximum atomic E-state index is 5.85. The van der Waals surface area contributed by atoms with Crippen molar-refractivity contribution >= 4 is 11.8 Å². The lowest BCUT2D eigenvalue weighted by molar-refractivity contribution is 0.364. The Bertz CT molecular complexity index is 472. The van der Waals surface area contributed by atoms with Crippen LogP contribution in [0, 0.1) is 0 Å². The highest BCUT2D eigenvalue weighted by atomic mass is 32.2. The molecule has 18 heavy (non-hydrogen) atoms. The molecule has 2 rings (SSSR count). The minimum atomic E-state index is 0.0973. The van der Waals surface area contributed by atoms with Gasteiger partial charge in [-0.15, -0.1) is 11.8 Å². The molecule has 1 unspecified atom stereocenters. The molecule has 0 radical (unpaired) electrons. The average Bonchev–Trinajstić information content (AvgIpc) is 2.85. The van der Waals surface area contributed by atoms with Gasteiger partial charge in [-0.05, 0) is 18.6 Å². The van der Waals surface area contributed by atoms with Crippen LogP contribution in [0.15, 0.2) is 39.8 Å². The van der Waals surface area contributed by atoms with Crippen molar-refractivity contribution in [1.29, 1.82) is 0 Å². The van der Waals surface area contributed by atoms with Gasteiger partial charge in [0.25, 0.3) is 0 Å². The molecule has 5 heteroatoms. The summed E-state index contributed by atoms with van der Waals surface area (Å²) in [5, 5.41) is 3.96. The van der Waals surface area contributed by atoms with E-state index in [1.165, 1.54) is 4.90 Å². The molecule has 0 saturated carbocycles. The van der Waals surface area contributed by atoms with E-state index in [0.717, 1.165) is 18.0 Å². The Balaban J connectivity index is 1.87. The molecular formula is C13H17N3OS. The van der Waals surface area contributed by atoms with Crippen LogP contribution in [0.1, 0.15) is 25.1 Å². The number of nitrogens with zero attached hydrogens (tertiary/aromatic N) is 2. The summed E-state index contributed by atoms with van der Waals surface area (Å²) in [5.41, 5.74) is 5.85. The van der Waals surface area contributed by atoms with E-state index in [9.17, 15) is 0 Å².